The fraction of sp³-hybridized carbons (Fsp3) is 0.211. The van der Waals surface area contributed by atoms with Crippen LogP contribution in [0.25, 0.3) is 0 Å². The van der Waals surface area contributed by atoms with E-state index in [1.807, 2.05) is 19.1 Å². The first-order valence-corrected chi connectivity index (χ1v) is 7.54. The zero-order valence-corrected chi connectivity index (χ0v) is 13.4. The molecule has 0 heterocycles. The van der Waals surface area contributed by atoms with Crippen LogP contribution in [0.5, 0.6) is 5.75 Å². The number of hydrogen-bond acceptors (Lipinski definition) is 2. The number of rotatable bonds is 6. The van der Waals surface area contributed by atoms with Crippen LogP contribution in [0.1, 0.15) is 30.0 Å². The third-order valence-corrected chi connectivity index (χ3v) is 3.46. The fourth-order valence-corrected chi connectivity index (χ4v) is 2.26. The van der Waals surface area contributed by atoms with E-state index in [4.69, 9.17) is 5.26 Å². The molecule has 130 valence electrons. The Bertz CT molecular complexity index is 784. The molecule has 0 fully saturated rings. The van der Waals surface area contributed by atoms with E-state index in [0.717, 1.165) is 24.3 Å². The molecule has 0 bridgehead atoms. The van der Waals surface area contributed by atoms with Gasteiger partial charge < -0.3 is 4.74 Å². The molecule has 0 aliphatic rings. The van der Waals surface area contributed by atoms with E-state index in [-0.39, 0.29) is 16.9 Å². The SMILES string of the molecule is C/C=C/CCc1cc(F)c(C(F)(F)Oc2ccc(C#N)cc2)c(F)c1. The van der Waals surface area contributed by atoms with Crippen molar-refractivity contribution < 1.29 is 22.3 Å². The van der Waals surface area contributed by atoms with Gasteiger partial charge in [0, 0.05) is 0 Å². The third kappa shape index (κ3) is 4.60. The van der Waals surface area contributed by atoms with Gasteiger partial charge in [-0.1, -0.05) is 12.2 Å². The molecular weight excluding hydrogens is 334 g/mol. The Morgan fingerprint density at radius 3 is 2.24 bits per heavy atom. The minimum absolute atomic E-state index is 0.249. The molecule has 0 amide bonds. The monoisotopic (exact) mass is 349 g/mol. The van der Waals surface area contributed by atoms with E-state index in [1.54, 1.807) is 6.08 Å². The van der Waals surface area contributed by atoms with Gasteiger partial charge >= 0.3 is 6.11 Å². The molecule has 0 saturated heterocycles. The second kappa shape index (κ2) is 7.84. The lowest BCUT2D eigenvalue weighted by Gasteiger charge is -2.20. The maximum absolute atomic E-state index is 14.2. The van der Waals surface area contributed by atoms with Gasteiger partial charge in [0.1, 0.15) is 22.9 Å². The number of alkyl halides is 2. The van der Waals surface area contributed by atoms with E-state index in [2.05, 4.69) is 4.74 Å². The van der Waals surface area contributed by atoms with Crippen LogP contribution < -0.4 is 4.74 Å². The summed E-state index contributed by atoms with van der Waals surface area (Å²) < 4.78 is 61.0. The molecule has 2 nitrogen and oxygen atoms in total. The maximum Gasteiger partial charge on any atom is 0.432 e. The second-order valence-corrected chi connectivity index (χ2v) is 5.30. The Balaban J connectivity index is 2.26. The summed E-state index contributed by atoms with van der Waals surface area (Å²) >= 11 is 0. The first kappa shape index (κ1) is 18.5. The summed E-state index contributed by atoms with van der Waals surface area (Å²) in [6.45, 7) is 1.81. The molecule has 0 aliphatic heterocycles. The molecule has 2 aromatic rings. The molecule has 6 heteroatoms. The Hall–Kier alpha value is -2.81. The standard InChI is InChI=1S/C19H15F4NO/c1-2-3-4-5-14-10-16(20)18(17(21)11-14)19(22,23)25-15-8-6-13(12-24)7-9-15/h2-3,6-11H,4-5H2,1H3/b3-2+. The summed E-state index contributed by atoms with van der Waals surface area (Å²) in [6.07, 6.45) is 0.296. The average molecular weight is 349 g/mol. The van der Waals surface area contributed by atoms with Crippen LogP contribution in [0.3, 0.4) is 0 Å². The van der Waals surface area contributed by atoms with E-state index in [1.165, 1.54) is 12.1 Å². The van der Waals surface area contributed by atoms with E-state index < -0.39 is 23.3 Å². The molecule has 0 spiro atoms. The quantitative estimate of drug-likeness (QED) is 0.511. The van der Waals surface area contributed by atoms with Gasteiger partial charge in [-0.2, -0.15) is 14.0 Å². The van der Waals surface area contributed by atoms with Gasteiger partial charge in [-0.25, -0.2) is 8.78 Å². The minimum atomic E-state index is -4.19. The Morgan fingerprint density at radius 2 is 1.72 bits per heavy atom. The Kier molecular flexibility index (Phi) is 5.81. The van der Waals surface area contributed by atoms with Gasteiger partial charge in [-0.05, 0) is 61.7 Å². The number of halogens is 4. The normalized spacial score (nSPS) is 11.5. The molecule has 25 heavy (non-hydrogen) atoms. The van der Waals surface area contributed by atoms with Gasteiger partial charge in [-0.3, -0.25) is 0 Å². The number of aryl methyl sites for hydroxylation is 1. The summed E-state index contributed by atoms with van der Waals surface area (Å²) in [5, 5.41) is 8.67. The van der Waals surface area contributed by atoms with Crippen LogP contribution in [0.4, 0.5) is 17.6 Å². The highest BCUT2D eigenvalue weighted by atomic mass is 19.3. The summed E-state index contributed by atoms with van der Waals surface area (Å²) in [5.74, 6) is -3.04. The Labute approximate surface area is 143 Å². The largest absolute Gasteiger partial charge is 0.432 e. The first-order chi connectivity index (χ1) is 11.9. The number of ether oxygens (including phenoxy) is 1. The lowest BCUT2D eigenvalue weighted by atomic mass is 10.0. The van der Waals surface area contributed by atoms with Crippen LogP contribution in [0, 0.1) is 23.0 Å². The van der Waals surface area contributed by atoms with Crippen LogP contribution >= 0.6 is 0 Å². The van der Waals surface area contributed by atoms with Gasteiger partial charge in [0.25, 0.3) is 0 Å². The van der Waals surface area contributed by atoms with Crippen molar-refractivity contribution in [3.63, 3.8) is 0 Å². The highest BCUT2D eigenvalue weighted by Gasteiger charge is 2.41. The van der Waals surface area contributed by atoms with E-state index >= 15 is 0 Å². The maximum atomic E-state index is 14.2. The number of benzene rings is 2. The zero-order valence-electron chi connectivity index (χ0n) is 13.4. The highest BCUT2D eigenvalue weighted by molar-refractivity contribution is 5.35. The van der Waals surface area contributed by atoms with Gasteiger partial charge in [0.15, 0.2) is 0 Å². The topological polar surface area (TPSA) is 33.0 Å². The number of allylic oxidation sites excluding steroid dienone is 2. The summed E-state index contributed by atoms with van der Waals surface area (Å²) in [5.41, 5.74) is -0.906. The molecule has 0 radical (unpaired) electrons. The van der Waals surface area contributed by atoms with Gasteiger partial charge in [0.2, 0.25) is 0 Å². The van der Waals surface area contributed by atoms with Crippen molar-refractivity contribution in [2.24, 2.45) is 0 Å². The zero-order chi connectivity index (χ0) is 18.4. The molecule has 0 saturated carbocycles. The molecule has 2 rings (SSSR count). The van der Waals surface area contributed by atoms with Crippen molar-refractivity contribution in [2.75, 3.05) is 0 Å². The smallest absolute Gasteiger partial charge is 0.429 e. The van der Waals surface area contributed by atoms with Crippen LogP contribution in [0.2, 0.25) is 0 Å². The fourth-order valence-electron chi connectivity index (χ4n) is 2.26. The summed E-state index contributed by atoms with van der Waals surface area (Å²) in [7, 11) is 0. The second-order valence-electron chi connectivity index (χ2n) is 5.30. The van der Waals surface area contributed by atoms with Crippen molar-refractivity contribution in [1.82, 2.24) is 0 Å². The van der Waals surface area contributed by atoms with E-state index in [0.29, 0.717) is 12.8 Å². The average Bonchev–Trinajstić information content (AvgIpc) is 2.54. The minimum Gasteiger partial charge on any atom is -0.429 e. The van der Waals surface area contributed by atoms with Crippen molar-refractivity contribution >= 4 is 0 Å². The van der Waals surface area contributed by atoms with Crippen LogP contribution in [0.15, 0.2) is 48.6 Å². The van der Waals surface area contributed by atoms with Crippen LogP contribution in [-0.4, -0.2) is 0 Å². The predicted molar refractivity (Wildman–Crippen MR) is 85.2 cm³/mol. The van der Waals surface area contributed by atoms with E-state index in [9.17, 15) is 17.6 Å². The van der Waals surface area contributed by atoms with Crippen molar-refractivity contribution in [3.05, 3.63) is 76.9 Å². The lowest BCUT2D eigenvalue weighted by Crippen LogP contribution is -2.25. The van der Waals surface area contributed by atoms with Crippen molar-refractivity contribution in [3.8, 4) is 11.8 Å². The van der Waals surface area contributed by atoms with Gasteiger partial charge in [-0.15, -0.1) is 0 Å². The summed E-state index contributed by atoms with van der Waals surface area (Å²) in [4.78, 5) is 0. The first-order valence-electron chi connectivity index (χ1n) is 7.54. The molecule has 2 aromatic carbocycles. The lowest BCUT2D eigenvalue weighted by molar-refractivity contribution is -0.189. The number of nitrogens with zero attached hydrogens (tertiary/aromatic N) is 1. The molecule has 0 aromatic heterocycles. The Morgan fingerprint density at radius 1 is 1.12 bits per heavy atom. The molecule has 0 atom stereocenters. The van der Waals surface area contributed by atoms with Gasteiger partial charge in [0.05, 0.1) is 11.6 Å². The molecule has 0 unspecified atom stereocenters. The molecular formula is C19H15F4NO. The predicted octanol–water partition coefficient (Wildman–Crippen LogP) is 5.47. The van der Waals surface area contributed by atoms with Crippen molar-refractivity contribution in [1.29, 1.82) is 5.26 Å². The number of hydrogen-bond donors (Lipinski definition) is 0. The third-order valence-electron chi connectivity index (χ3n) is 3.46. The molecule has 0 N–H and O–H groups in total. The van der Waals surface area contributed by atoms with Crippen molar-refractivity contribution in [2.45, 2.75) is 25.9 Å². The number of nitriles is 1. The van der Waals surface area contributed by atoms with Crippen LogP contribution in [-0.2, 0) is 12.5 Å². The highest BCUT2D eigenvalue weighted by Crippen LogP contribution is 2.35. The molecule has 0 aliphatic carbocycles. The summed E-state index contributed by atoms with van der Waals surface area (Å²) in [6, 6.07) is 8.40.